The highest BCUT2D eigenvalue weighted by Crippen LogP contribution is 2.27. The molecule has 7 nitrogen and oxygen atoms in total. The Morgan fingerprint density at radius 3 is 2.78 bits per heavy atom. The maximum absolute atomic E-state index is 9.07. The van der Waals surface area contributed by atoms with Crippen molar-refractivity contribution in [3.63, 3.8) is 0 Å². The molecule has 0 atom stereocenters. The number of nitrogens with one attached hydrogen (secondary N) is 2. The molecule has 0 amide bonds. The van der Waals surface area contributed by atoms with Crippen LogP contribution in [0.5, 0.6) is 0 Å². The van der Waals surface area contributed by atoms with Crippen LogP contribution in [0.2, 0.25) is 0 Å². The van der Waals surface area contributed by atoms with Crippen molar-refractivity contribution >= 4 is 39.0 Å². The van der Waals surface area contributed by atoms with Gasteiger partial charge in [-0.3, -0.25) is 4.98 Å². The standard InChI is InChI=1S/C19H18N6OS/c1-12-22-16-10-13(5-6-17(16)27-12)23-18-11-15(14-4-2-3-7-20-14)24-19(25-18)21-8-9-26/h2-7,10-11,26H,8-9H2,1H3,(H2,21,23,24,25). The lowest BCUT2D eigenvalue weighted by molar-refractivity contribution is 0.311. The number of aromatic nitrogens is 4. The molecule has 3 N–H and O–H groups in total. The number of benzene rings is 1. The summed E-state index contributed by atoms with van der Waals surface area (Å²) in [6.07, 6.45) is 1.73. The number of aliphatic hydroxyl groups excluding tert-OH is 1. The number of anilines is 3. The lowest BCUT2D eigenvalue weighted by Crippen LogP contribution is -2.10. The minimum Gasteiger partial charge on any atom is -0.395 e. The maximum atomic E-state index is 9.07. The summed E-state index contributed by atoms with van der Waals surface area (Å²) < 4.78 is 1.15. The van der Waals surface area contributed by atoms with Gasteiger partial charge in [0.2, 0.25) is 5.95 Å². The van der Waals surface area contributed by atoms with E-state index in [9.17, 15) is 0 Å². The monoisotopic (exact) mass is 378 g/mol. The van der Waals surface area contributed by atoms with Gasteiger partial charge >= 0.3 is 0 Å². The van der Waals surface area contributed by atoms with Gasteiger partial charge in [0, 0.05) is 24.5 Å². The minimum atomic E-state index is -0.000218. The Labute approximate surface area is 160 Å². The molecule has 0 aliphatic heterocycles. The van der Waals surface area contributed by atoms with Gasteiger partial charge in [0.1, 0.15) is 5.82 Å². The van der Waals surface area contributed by atoms with E-state index in [-0.39, 0.29) is 6.61 Å². The molecule has 0 aliphatic rings. The van der Waals surface area contributed by atoms with Crippen LogP contribution in [0.4, 0.5) is 17.5 Å². The molecular weight excluding hydrogens is 360 g/mol. The van der Waals surface area contributed by atoms with Crippen LogP contribution in [0.15, 0.2) is 48.7 Å². The van der Waals surface area contributed by atoms with E-state index in [0.717, 1.165) is 26.6 Å². The predicted octanol–water partition coefficient (Wildman–Crippen LogP) is 3.60. The summed E-state index contributed by atoms with van der Waals surface area (Å²) in [6.45, 7) is 2.37. The molecule has 4 aromatic rings. The van der Waals surface area contributed by atoms with Crippen molar-refractivity contribution in [3.8, 4) is 11.4 Å². The van der Waals surface area contributed by atoms with Gasteiger partial charge in [0.15, 0.2) is 0 Å². The average molecular weight is 378 g/mol. The second-order valence-electron chi connectivity index (χ2n) is 5.87. The number of aryl methyl sites for hydroxylation is 1. The Balaban J connectivity index is 1.69. The third-order valence-corrected chi connectivity index (χ3v) is 4.77. The van der Waals surface area contributed by atoms with E-state index in [1.807, 2.05) is 49.4 Å². The number of aliphatic hydroxyl groups is 1. The Kier molecular flexibility index (Phi) is 4.91. The Morgan fingerprint density at radius 2 is 1.96 bits per heavy atom. The fraction of sp³-hybridized carbons (Fsp3) is 0.158. The number of fused-ring (bicyclic) bond motifs is 1. The van der Waals surface area contributed by atoms with Crippen LogP contribution in [0.25, 0.3) is 21.6 Å². The van der Waals surface area contributed by atoms with E-state index < -0.39 is 0 Å². The fourth-order valence-corrected chi connectivity index (χ4v) is 3.48. The van der Waals surface area contributed by atoms with Crippen LogP contribution in [-0.2, 0) is 0 Å². The largest absolute Gasteiger partial charge is 0.395 e. The second-order valence-corrected chi connectivity index (χ2v) is 7.10. The van der Waals surface area contributed by atoms with Gasteiger partial charge in [-0.1, -0.05) is 6.07 Å². The van der Waals surface area contributed by atoms with Crippen LogP contribution in [0.3, 0.4) is 0 Å². The van der Waals surface area contributed by atoms with Gasteiger partial charge in [-0.05, 0) is 37.3 Å². The highest BCUT2D eigenvalue weighted by molar-refractivity contribution is 7.18. The van der Waals surface area contributed by atoms with Crippen molar-refractivity contribution in [3.05, 3.63) is 53.7 Å². The van der Waals surface area contributed by atoms with E-state index in [1.54, 1.807) is 17.5 Å². The van der Waals surface area contributed by atoms with E-state index in [0.29, 0.717) is 24.0 Å². The molecular formula is C19H18N6OS. The topological polar surface area (TPSA) is 95.9 Å². The maximum Gasteiger partial charge on any atom is 0.225 e. The molecule has 27 heavy (non-hydrogen) atoms. The summed E-state index contributed by atoms with van der Waals surface area (Å²) >= 11 is 1.67. The first-order valence-electron chi connectivity index (χ1n) is 8.51. The molecule has 4 rings (SSSR count). The summed E-state index contributed by atoms with van der Waals surface area (Å²) in [7, 11) is 0. The number of pyridine rings is 1. The smallest absolute Gasteiger partial charge is 0.225 e. The van der Waals surface area contributed by atoms with Gasteiger partial charge < -0.3 is 15.7 Å². The Morgan fingerprint density at radius 1 is 1.04 bits per heavy atom. The summed E-state index contributed by atoms with van der Waals surface area (Å²) in [5.74, 6) is 1.07. The van der Waals surface area contributed by atoms with Gasteiger partial charge in [-0.25, -0.2) is 9.97 Å². The van der Waals surface area contributed by atoms with Crippen LogP contribution >= 0.6 is 11.3 Å². The zero-order valence-corrected chi connectivity index (χ0v) is 15.5. The summed E-state index contributed by atoms with van der Waals surface area (Å²) in [4.78, 5) is 17.9. The fourth-order valence-electron chi connectivity index (χ4n) is 2.67. The van der Waals surface area contributed by atoms with Crippen molar-refractivity contribution in [1.82, 2.24) is 19.9 Å². The van der Waals surface area contributed by atoms with E-state index >= 15 is 0 Å². The highest BCUT2D eigenvalue weighted by atomic mass is 32.1. The quantitative estimate of drug-likeness (QED) is 0.472. The first kappa shape index (κ1) is 17.3. The number of thiazole rings is 1. The molecule has 3 heterocycles. The molecule has 3 aromatic heterocycles. The first-order valence-corrected chi connectivity index (χ1v) is 9.32. The van der Waals surface area contributed by atoms with Gasteiger partial charge in [0.05, 0.1) is 33.2 Å². The lowest BCUT2D eigenvalue weighted by atomic mass is 10.2. The molecule has 8 heteroatoms. The molecule has 1 aromatic carbocycles. The normalized spacial score (nSPS) is 10.9. The van der Waals surface area contributed by atoms with E-state index in [1.165, 1.54) is 0 Å². The van der Waals surface area contributed by atoms with Crippen molar-refractivity contribution in [2.24, 2.45) is 0 Å². The molecule has 0 fully saturated rings. The number of hydrogen-bond acceptors (Lipinski definition) is 8. The summed E-state index contributed by atoms with van der Waals surface area (Å²) in [6, 6.07) is 13.6. The van der Waals surface area contributed by atoms with Crippen LogP contribution in [0, 0.1) is 6.92 Å². The average Bonchev–Trinajstić information content (AvgIpc) is 3.06. The highest BCUT2D eigenvalue weighted by Gasteiger charge is 2.09. The van der Waals surface area contributed by atoms with Crippen LogP contribution in [-0.4, -0.2) is 38.2 Å². The summed E-state index contributed by atoms with van der Waals surface area (Å²) in [5, 5.41) is 16.4. The summed E-state index contributed by atoms with van der Waals surface area (Å²) in [5.41, 5.74) is 3.30. The second kappa shape index (κ2) is 7.65. The lowest BCUT2D eigenvalue weighted by Gasteiger charge is -2.11. The van der Waals surface area contributed by atoms with Gasteiger partial charge in [0.25, 0.3) is 0 Å². The first-order chi connectivity index (χ1) is 13.2. The molecule has 0 spiro atoms. The third kappa shape index (κ3) is 4.02. The molecule has 0 radical (unpaired) electrons. The molecule has 0 unspecified atom stereocenters. The zero-order valence-electron chi connectivity index (χ0n) is 14.7. The van der Waals surface area contributed by atoms with E-state index in [4.69, 9.17) is 5.11 Å². The van der Waals surface area contributed by atoms with E-state index in [2.05, 4.69) is 30.6 Å². The number of nitrogens with zero attached hydrogens (tertiary/aromatic N) is 4. The SMILES string of the molecule is Cc1nc2cc(Nc3cc(-c4ccccn4)nc(NCCO)n3)ccc2s1. The molecule has 0 saturated heterocycles. The number of rotatable bonds is 6. The Bertz CT molecular complexity index is 1070. The molecule has 0 aliphatic carbocycles. The minimum absolute atomic E-state index is 0.000218. The third-order valence-electron chi connectivity index (χ3n) is 3.82. The Hall–Kier alpha value is -3.10. The number of hydrogen-bond donors (Lipinski definition) is 3. The van der Waals surface area contributed by atoms with Crippen molar-refractivity contribution in [2.45, 2.75) is 6.92 Å². The molecule has 136 valence electrons. The molecule has 0 saturated carbocycles. The predicted molar refractivity (Wildman–Crippen MR) is 108 cm³/mol. The van der Waals surface area contributed by atoms with Gasteiger partial charge in [-0.2, -0.15) is 4.98 Å². The van der Waals surface area contributed by atoms with Crippen molar-refractivity contribution in [1.29, 1.82) is 0 Å². The van der Waals surface area contributed by atoms with Crippen molar-refractivity contribution in [2.75, 3.05) is 23.8 Å². The van der Waals surface area contributed by atoms with Gasteiger partial charge in [-0.15, -0.1) is 11.3 Å². The van der Waals surface area contributed by atoms with Crippen molar-refractivity contribution < 1.29 is 5.11 Å². The zero-order chi connectivity index (χ0) is 18.6. The van der Waals surface area contributed by atoms with Crippen LogP contribution < -0.4 is 10.6 Å². The van der Waals surface area contributed by atoms with Crippen LogP contribution in [0.1, 0.15) is 5.01 Å². The molecule has 0 bridgehead atoms.